The molecule has 0 saturated carbocycles. The second-order valence-electron chi connectivity index (χ2n) is 5.73. The van der Waals surface area contributed by atoms with E-state index in [2.05, 4.69) is 65.0 Å². The van der Waals surface area contributed by atoms with Crippen LogP contribution in [0, 0.1) is 20.8 Å². The van der Waals surface area contributed by atoms with E-state index >= 15 is 0 Å². The third kappa shape index (κ3) is 3.24. The van der Waals surface area contributed by atoms with E-state index in [4.69, 9.17) is 4.98 Å². The van der Waals surface area contributed by atoms with Crippen LogP contribution < -0.4 is 0 Å². The van der Waals surface area contributed by atoms with Gasteiger partial charge in [-0.25, -0.2) is 0 Å². The summed E-state index contributed by atoms with van der Waals surface area (Å²) < 4.78 is 0. The molecule has 0 fully saturated rings. The predicted molar refractivity (Wildman–Crippen MR) is 92.6 cm³/mol. The summed E-state index contributed by atoms with van der Waals surface area (Å²) in [6.07, 6.45) is 8.57. The summed E-state index contributed by atoms with van der Waals surface area (Å²) in [5.41, 5.74) is 8.85. The van der Waals surface area contributed by atoms with Gasteiger partial charge in [0.15, 0.2) is 0 Å². The van der Waals surface area contributed by atoms with Crippen molar-refractivity contribution in [3.8, 4) is 11.3 Å². The van der Waals surface area contributed by atoms with Crippen LogP contribution in [0.25, 0.3) is 17.3 Å². The van der Waals surface area contributed by atoms with Gasteiger partial charge in [0.2, 0.25) is 0 Å². The monoisotopic (exact) mass is 279 g/mol. The lowest BCUT2D eigenvalue weighted by molar-refractivity contribution is 0.920. The highest BCUT2D eigenvalue weighted by Gasteiger charge is 2.11. The van der Waals surface area contributed by atoms with E-state index in [1.54, 1.807) is 0 Å². The number of benzene rings is 1. The normalized spacial score (nSPS) is 11.3. The number of aromatic nitrogens is 1. The van der Waals surface area contributed by atoms with Gasteiger partial charge in [0, 0.05) is 17.3 Å². The first kappa shape index (κ1) is 15.5. The largest absolute Gasteiger partial charge is 0.255 e. The van der Waals surface area contributed by atoms with Crippen molar-refractivity contribution in [1.82, 2.24) is 4.98 Å². The van der Waals surface area contributed by atoms with Crippen molar-refractivity contribution in [2.75, 3.05) is 0 Å². The molecule has 0 aliphatic heterocycles. The Bertz CT molecular complexity index is 666. The van der Waals surface area contributed by atoms with Gasteiger partial charge in [-0.05, 0) is 56.4 Å². The Balaban J connectivity index is 2.59. The molecule has 0 spiro atoms. The van der Waals surface area contributed by atoms with E-state index in [-0.39, 0.29) is 0 Å². The molecule has 2 rings (SSSR count). The summed E-state index contributed by atoms with van der Waals surface area (Å²) in [4.78, 5) is 4.71. The lowest BCUT2D eigenvalue weighted by atomic mass is 9.94. The molecule has 0 aliphatic rings. The van der Waals surface area contributed by atoms with Crippen molar-refractivity contribution in [2.24, 2.45) is 0 Å². The second kappa shape index (κ2) is 6.71. The Morgan fingerprint density at radius 2 is 1.86 bits per heavy atom. The van der Waals surface area contributed by atoms with Crippen molar-refractivity contribution in [1.29, 1.82) is 0 Å². The van der Waals surface area contributed by atoms with Crippen LogP contribution in [-0.2, 0) is 6.42 Å². The van der Waals surface area contributed by atoms with E-state index in [9.17, 15) is 0 Å². The van der Waals surface area contributed by atoms with Gasteiger partial charge in [-0.15, -0.1) is 0 Å². The van der Waals surface area contributed by atoms with Gasteiger partial charge >= 0.3 is 0 Å². The number of pyridine rings is 1. The van der Waals surface area contributed by atoms with Crippen molar-refractivity contribution in [2.45, 2.75) is 47.5 Å². The minimum Gasteiger partial charge on any atom is -0.255 e. The first-order valence-corrected chi connectivity index (χ1v) is 7.77. The molecule has 1 aromatic carbocycles. The van der Waals surface area contributed by atoms with E-state index in [0.29, 0.717) is 0 Å². The first-order chi connectivity index (χ1) is 10.1. The zero-order chi connectivity index (χ0) is 15.4. The Labute approximate surface area is 128 Å². The van der Waals surface area contributed by atoms with Gasteiger partial charge < -0.3 is 0 Å². The van der Waals surface area contributed by atoms with Crippen LogP contribution in [0.3, 0.4) is 0 Å². The third-order valence-electron chi connectivity index (χ3n) is 4.06. The van der Waals surface area contributed by atoms with E-state index in [1.807, 2.05) is 6.20 Å². The van der Waals surface area contributed by atoms with Crippen LogP contribution in [-0.4, -0.2) is 4.98 Å². The molecule has 1 nitrogen and oxygen atoms in total. The summed E-state index contributed by atoms with van der Waals surface area (Å²) in [7, 11) is 0. The molecule has 0 amide bonds. The molecule has 0 N–H and O–H groups in total. The maximum Gasteiger partial charge on any atom is 0.0779 e. The SMILES string of the molecule is C/C=C\c1c(-c2ccc(CCC)cc2C)ncc(C)c1C. The Hall–Kier alpha value is -1.89. The van der Waals surface area contributed by atoms with Crippen LogP contribution in [0.5, 0.6) is 0 Å². The van der Waals surface area contributed by atoms with Gasteiger partial charge in [0.1, 0.15) is 0 Å². The topological polar surface area (TPSA) is 12.9 Å². The number of aryl methyl sites for hydroxylation is 3. The lowest BCUT2D eigenvalue weighted by Crippen LogP contribution is -1.97. The summed E-state index contributed by atoms with van der Waals surface area (Å²) in [6.45, 7) is 10.8. The Kier molecular flexibility index (Phi) is 4.95. The van der Waals surface area contributed by atoms with E-state index < -0.39 is 0 Å². The van der Waals surface area contributed by atoms with Crippen LogP contribution in [0.2, 0.25) is 0 Å². The standard InChI is InChI=1S/C20H25N/c1-6-8-17-10-11-18(14(3)12-17)20-19(9-7-2)16(5)15(4)13-21-20/h7,9-13H,6,8H2,1-5H3/b9-7-. The third-order valence-corrected chi connectivity index (χ3v) is 4.06. The fourth-order valence-corrected chi connectivity index (χ4v) is 2.74. The highest BCUT2D eigenvalue weighted by atomic mass is 14.7. The van der Waals surface area contributed by atoms with E-state index in [1.165, 1.54) is 39.8 Å². The molecule has 0 aliphatic carbocycles. The van der Waals surface area contributed by atoms with Crippen molar-refractivity contribution in [3.63, 3.8) is 0 Å². The first-order valence-electron chi connectivity index (χ1n) is 7.77. The number of nitrogens with zero attached hydrogens (tertiary/aromatic N) is 1. The molecule has 1 aromatic heterocycles. The zero-order valence-electron chi connectivity index (χ0n) is 13.8. The minimum absolute atomic E-state index is 1.09. The van der Waals surface area contributed by atoms with Crippen molar-refractivity contribution < 1.29 is 0 Å². The van der Waals surface area contributed by atoms with Gasteiger partial charge in [-0.3, -0.25) is 4.98 Å². The lowest BCUT2D eigenvalue weighted by Gasteiger charge is -2.14. The number of allylic oxidation sites excluding steroid dienone is 1. The summed E-state index contributed by atoms with van der Waals surface area (Å²) >= 11 is 0. The maximum atomic E-state index is 4.71. The van der Waals surface area contributed by atoms with Crippen LogP contribution >= 0.6 is 0 Å². The van der Waals surface area contributed by atoms with Crippen LogP contribution in [0.4, 0.5) is 0 Å². The summed E-state index contributed by atoms with van der Waals surface area (Å²) in [6, 6.07) is 6.77. The molecule has 1 heterocycles. The minimum atomic E-state index is 1.09. The summed E-state index contributed by atoms with van der Waals surface area (Å²) in [5.74, 6) is 0. The van der Waals surface area contributed by atoms with Crippen molar-refractivity contribution >= 4 is 6.08 Å². The fraction of sp³-hybridized carbons (Fsp3) is 0.350. The molecule has 1 heteroatoms. The van der Waals surface area contributed by atoms with Crippen molar-refractivity contribution in [3.05, 3.63) is 58.3 Å². The van der Waals surface area contributed by atoms with Crippen LogP contribution in [0.15, 0.2) is 30.5 Å². The molecular formula is C20H25N. The molecule has 0 unspecified atom stereocenters. The number of hydrogen-bond acceptors (Lipinski definition) is 1. The molecule has 0 saturated heterocycles. The molecular weight excluding hydrogens is 254 g/mol. The fourth-order valence-electron chi connectivity index (χ4n) is 2.74. The smallest absolute Gasteiger partial charge is 0.0779 e. The number of hydrogen-bond donors (Lipinski definition) is 0. The molecule has 0 atom stereocenters. The summed E-state index contributed by atoms with van der Waals surface area (Å²) in [5, 5.41) is 0. The van der Waals surface area contributed by atoms with Gasteiger partial charge in [0.05, 0.1) is 5.69 Å². The average molecular weight is 279 g/mol. The van der Waals surface area contributed by atoms with Crippen LogP contribution in [0.1, 0.15) is 48.1 Å². The maximum absolute atomic E-state index is 4.71. The molecule has 21 heavy (non-hydrogen) atoms. The Morgan fingerprint density at radius 1 is 1.10 bits per heavy atom. The second-order valence-corrected chi connectivity index (χ2v) is 5.73. The quantitative estimate of drug-likeness (QED) is 0.703. The van der Waals surface area contributed by atoms with Gasteiger partial charge in [-0.1, -0.05) is 43.7 Å². The molecule has 2 aromatic rings. The highest BCUT2D eigenvalue weighted by molar-refractivity contribution is 5.76. The van der Waals surface area contributed by atoms with Gasteiger partial charge in [0.25, 0.3) is 0 Å². The molecule has 110 valence electrons. The van der Waals surface area contributed by atoms with E-state index in [0.717, 1.165) is 12.1 Å². The molecule has 0 bridgehead atoms. The predicted octanol–water partition coefficient (Wildman–Crippen LogP) is 5.66. The number of rotatable bonds is 4. The Morgan fingerprint density at radius 3 is 2.48 bits per heavy atom. The highest BCUT2D eigenvalue weighted by Crippen LogP contribution is 2.30. The zero-order valence-corrected chi connectivity index (χ0v) is 13.8. The molecule has 0 radical (unpaired) electrons. The average Bonchev–Trinajstić information content (AvgIpc) is 2.46. The van der Waals surface area contributed by atoms with Gasteiger partial charge in [-0.2, -0.15) is 0 Å².